The summed E-state index contributed by atoms with van der Waals surface area (Å²) in [5.74, 6) is 0.233. The molecule has 0 radical (unpaired) electrons. The van der Waals surface area contributed by atoms with Crippen LogP contribution in [0.25, 0.3) is 0 Å². The largest absolute Gasteiger partial charge is 0.295 e. The summed E-state index contributed by atoms with van der Waals surface area (Å²) in [7, 11) is 0. The van der Waals surface area contributed by atoms with E-state index in [1.807, 2.05) is 0 Å². The predicted molar refractivity (Wildman–Crippen MR) is 46.3 cm³/mol. The van der Waals surface area contributed by atoms with Crippen LogP contribution in [-0.2, 0) is 4.79 Å². The second-order valence-corrected chi connectivity index (χ2v) is 3.91. The minimum absolute atomic E-state index is 0.134. The molecule has 0 saturated carbocycles. The molecule has 0 N–H and O–H groups in total. The van der Waals surface area contributed by atoms with Crippen molar-refractivity contribution in [1.29, 1.82) is 0 Å². The van der Waals surface area contributed by atoms with Crippen LogP contribution in [0, 0.1) is 5.41 Å². The lowest BCUT2D eigenvalue weighted by Gasteiger charge is -2.27. The third-order valence-electron chi connectivity index (χ3n) is 1.94. The van der Waals surface area contributed by atoms with Crippen molar-refractivity contribution in [2.24, 2.45) is 5.41 Å². The lowest BCUT2D eigenvalue weighted by atomic mass is 9.77. The van der Waals surface area contributed by atoms with Gasteiger partial charge in [0.25, 0.3) is 0 Å². The number of hydrogen-bond acceptors (Lipinski definition) is 1. The number of allylic oxidation sites excluding steroid dienone is 3. The molecule has 11 heavy (non-hydrogen) atoms. The molecule has 0 spiro atoms. The van der Waals surface area contributed by atoms with E-state index in [4.69, 9.17) is 0 Å². The summed E-state index contributed by atoms with van der Waals surface area (Å²) in [5, 5.41) is 0. The highest BCUT2D eigenvalue weighted by atomic mass is 16.1. The average Bonchev–Trinajstić information content (AvgIpc) is 1.83. The van der Waals surface area contributed by atoms with Crippen LogP contribution in [-0.4, -0.2) is 5.78 Å². The van der Waals surface area contributed by atoms with E-state index in [2.05, 4.69) is 20.4 Å². The predicted octanol–water partition coefficient (Wildman–Crippen LogP) is 2.49. The van der Waals surface area contributed by atoms with Gasteiger partial charge in [-0.3, -0.25) is 4.79 Å². The maximum absolute atomic E-state index is 11.1. The van der Waals surface area contributed by atoms with Crippen LogP contribution < -0.4 is 0 Å². The number of rotatable bonds is 1. The lowest BCUT2D eigenvalue weighted by Crippen LogP contribution is -2.21. The van der Waals surface area contributed by atoms with E-state index >= 15 is 0 Å². The van der Waals surface area contributed by atoms with Crippen molar-refractivity contribution in [2.75, 3.05) is 0 Å². The van der Waals surface area contributed by atoms with Crippen molar-refractivity contribution in [3.05, 3.63) is 24.3 Å². The molecule has 60 valence electrons. The topological polar surface area (TPSA) is 17.1 Å². The Labute approximate surface area is 67.8 Å². The van der Waals surface area contributed by atoms with E-state index in [0.717, 1.165) is 12.0 Å². The second-order valence-electron chi connectivity index (χ2n) is 3.91. The third-order valence-corrected chi connectivity index (χ3v) is 1.94. The average molecular weight is 150 g/mol. The quantitative estimate of drug-likeness (QED) is 0.561. The fourth-order valence-electron chi connectivity index (χ4n) is 1.53. The Balaban J connectivity index is 2.86. The van der Waals surface area contributed by atoms with Crippen molar-refractivity contribution in [1.82, 2.24) is 0 Å². The standard InChI is InChI=1S/C10H14O/c1-4-8-5-9(11)7-10(2,3)6-8/h4-5H,1,6-7H2,2-3H3. The first kappa shape index (κ1) is 8.25. The van der Waals surface area contributed by atoms with Gasteiger partial charge in [-0.1, -0.05) is 26.5 Å². The van der Waals surface area contributed by atoms with Gasteiger partial charge in [0.15, 0.2) is 5.78 Å². The van der Waals surface area contributed by atoms with Crippen LogP contribution in [0.2, 0.25) is 0 Å². The lowest BCUT2D eigenvalue weighted by molar-refractivity contribution is -0.116. The van der Waals surface area contributed by atoms with Crippen molar-refractivity contribution >= 4 is 5.78 Å². The molecule has 0 bridgehead atoms. The first-order valence-corrected chi connectivity index (χ1v) is 3.89. The monoisotopic (exact) mass is 150 g/mol. The molecule has 0 atom stereocenters. The summed E-state index contributed by atoms with van der Waals surface area (Å²) in [6.07, 6.45) is 5.13. The van der Waals surface area contributed by atoms with Crippen LogP contribution in [0.1, 0.15) is 26.7 Å². The van der Waals surface area contributed by atoms with Crippen molar-refractivity contribution in [2.45, 2.75) is 26.7 Å². The van der Waals surface area contributed by atoms with Crippen LogP contribution in [0.5, 0.6) is 0 Å². The molecule has 0 aromatic carbocycles. The minimum Gasteiger partial charge on any atom is -0.295 e. The normalized spacial score (nSPS) is 22.7. The molecule has 0 aliphatic heterocycles. The first-order valence-electron chi connectivity index (χ1n) is 3.89. The minimum atomic E-state index is 0.134. The molecule has 1 nitrogen and oxygen atoms in total. The van der Waals surface area contributed by atoms with Gasteiger partial charge in [-0.15, -0.1) is 0 Å². The number of carbonyl (C=O) groups is 1. The van der Waals surface area contributed by atoms with Crippen LogP contribution in [0.3, 0.4) is 0 Å². The molecule has 1 heteroatoms. The van der Waals surface area contributed by atoms with E-state index in [-0.39, 0.29) is 11.2 Å². The van der Waals surface area contributed by atoms with Gasteiger partial charge in [0.1, 0.15) is 0 Å². The SMILES string of the molecule is C=CC1=CC(=O)CC(C)(C)C1. The summed E-state index contributed by atoms with van der Waals surface area (Å²) in [4.78, 5) is 11.1. The highest BCUT2D eigenvalue weighted by molar-refractivity contribution is 5.92. The Morgan fingerprint density at radius 1 is 1.55 bits per heavy atom. The van der Waals surface area contributed by atoms with E-state index in [1.165, 1.54) is 0 Å². The van der Waals surface area contributed by atoms with Crippen LogP contribution in [0.15, 0.2) is 24.3 Å². The van der Waals surface area contributed by atoms with Gasteiger partial charge in [0.05, 0.1) is 0 Å². The molecule has 0 saturated heterocycles. The second kappa shape index (κ2) is 2.65. The highest BCUT2D eigenvalue weighted by Crippen LogP contribution is 2.33. The zero-order valence-electron chi connectivity index (χ0n) is 7.18. The van der Waals surface area contributed by atoms with Gasteiger partial charge in [-0.05, 0) is 23.5 Å². The van der Waals surface area contributed by atoms with Gasteiger partial charge in [0.2, 0.25) is 0 Å². The van der Waals surface area contributed by atoms with Crippen molar-refractivity contribution in [3.8, 4) is 0 Å². The number of hydrogen-bond donors (Lipinski definition) is 0. The molecule has 0 unspecified atom stereocenters. The van der Waals surface area contributed by atoms with Gasteiger partial charge in [-0.25, -0.2) is 0 Å². The van der Waals surface area contributed by atoms with E-state index in [1.54, 1.807) is 12.2 Å². The molecule has 0 heterocycles. The van der Waals surface area contributed by atoms with Gasteiger partial charge in [0, 0.05) is 6.42 Å². The molecular weight excluding hydrogens is 136 g/mol. The number of carbonyl (C=O) groups excluding carboxylic acids is 1. The van der Waals surface area contributed by atoms with Gasteiger partial charge in [-0.2, -0.15) is 0 Å². The molecule has 0 aromatic heterocycles. The summed E-state index contributed by atoms with van der Waals surface area (Å²) in [5.41, 5.74) is 1.21. The molecule has 1 aliphatic carbocycles. The van der Waals surface area contributed by atoms with Gasteiger partial charge >= 0.3 is 0 Å². The van der Waals surface area contributed by atoms with Crippen molar-refractivity contribution in [3.63, 3.8) is 0 Å². The molecule has 0 aromatic rings. The summed E-state index contributed by atoms with van der Waals surface area (Å²) in [6.45, 7) is 7.89. The van der Waals surface area contributed by atoms with E-state index in [9.17, 15) is 4.79 Å². The zero-order chi connectivity index (χ0) is 8.48. The highest BCUT2D eigenvalue weighted by Gasteiger charge is 2.25. The molecule has 1 aliphatic rings. The summed E-state index contributed by atoms with van der Waals surface area (Å²) < 4.78 is 0. The molecule has 1 rings (SSSR count). The molecule has 0 fully saturated rings. The molecular formula is C10H14O. The maximum Gasteiger partial charge on any atom is 0.156 e. The zero-order valence-corrected chi connectivity index (χ0v) is 7.18. The van der Waals surface area contributed by atoms with Crippen LogP contribution >= 0.6 is 0 Å². The Kier molecular flexibility index (Phi) is 1.99. The van der Waals surface area contributed by atoms with Crippen LogP contribution in [0.4, 0.5) is 0 Å². The van der Waals surface area contributed by atoms with E-state index < -0.39 is 0 Å². The fraction of sp³-hybridized carbons (Fsp3) is 0.500. The Morgan fingerprint density at radius 2 is 2.18 bits per heavy atom. The van der Waals surface area contributed by atoms with Gasteiger partial charge < -0.3 is 0 Å². The first-order chi connectivity index (χ1) is 5.03. The molecule has 0 amide bonds. The van der Waals surface area contributed by atoms with Crippen molar-refractivity contribution < 1.29 is 4.79 Å². The summed E-state index contributed by atoms with van der Waals surface area (Å²) in [6, 6.07) is 0. The summed E-state index contributed by atoms with van der Waals surface area (Å²) >= 11 is 0. The maximum atomic E-state index is 11.1. The Bertz CT molecular complexity index is 221. The Hall–Kier alpha value is -0.850. The van der Waals surface area contributed by atoms with E-state index in [0.29, 0.717) is 6.42 Å². The fourth-order valence-corrected chi connectivity index (χ4v) is 1.53. The smallest absolute Gasteiger partial charge is 0.156 e. The Morgan fingerprint density at radius 3 is 2.64 bits per heavy atom. The number of ketones is 1. The third kappa shape index (κ3) is 2.04.